The zero-order valence-electron chi connectivity index (χ0n) is 16.0. The van der Waals surface area contributed by atoms with E-state index in [4.69, 9.17) is 4.74 Å². The van der Waals surface area contributed by atoms with E-state index in [-0.39, 0.29) is 36.4 Å². The number of amides is 2. The van der Waals surface area contributed by atoms with E-state index in [9.17, 15) is 9.59 Å². The summed E-state index contributed by atoms with van der Waals surface area (Å²) in [7, 11) is 0. The minimum Gasteiger partial charge on any atom is -0.484 e. The second-order valence-electron chi connectivity index (χ2n) is 7.83. The van der Waals surface area contributed by atoms with Gasteiger partial charge in [-0.15, -0.1) is 0 Å². The van der Waals surface area contributed by atoms with Crippen molar-refractivity contribution in [1.82, 2.24) is 10.6 Å². The van der Waals surface area contributed by atoms with Crippen LogP contribution in [0.3, 0.4) is 0 Å². The number of rotatable bonds is 5. The topological polar surface area (TPSA) is 67.4 Å². The summed E-state index contributed by atoms with van der Waals surface area (Å²) < 4.78 is 5.55. The molecule has 2 N–H and O–H groups in total. The lowest BCUT2D eigenvalue weighted by Gasteiger charge is -2.46. The van der Waals surface area contributed by atoms with Crippen LogP contribution in [-0.4, -0.2) is 30.5 Å². The summed E-state index contributed by atoms with van der Waals surface area (Å²) in [5.41, 5.74) is 1.16. The molecule has 1 aliphatic heterocycles. The van der Waals surface area contributed by atoms with Crippen LogP contribution in [0.4, 0.5) is 0 Å². The van der Waals surface area contributed by atoms with Crippen LogP contribution in [0.1, 0.15) is 45.1 Å². The van der Waals surface area contributed by atoms with Crippen LogP contribution in [0.15, 0.2) is 24.3 Å². The molecule has 0 radical (unpaired) electrons. The third-order valence-electron chi connectivity index (χ3n) is 6.07. The van der Waals surface area contributed by atoms with Crippen LogP contribution in [0.25, 0.3) is 0 Å². The lowest BCUT2D eigenvalue weighted by Crippen LogP contribution is -2.58. The Morgan fingerprint density at radius 3 is 2.69 bits per heavy atom. The molecular weight excluding hydrogens is 328 g/mol. The highest BCUT2D eigenvalue weighted by Gasteiger charge is 2.43. The molecule has 3 rings (SSSR count). The highest BCUT2D eigenvalue weighted by atomic mass is 16.5. The lowest BCUT2D eigenvalue weighted by molar-refractivity contribution is -0.133. The number of aryl methyl sites for hydroxylation is 1. The van der Waals surface area contributed by atoms with Crippen molar-refractivity contribution in [2.75, 3.05) is 6.61 Å². The molecule has 5 nitrogen and oxygen atoms in total. The van der Waals surface area contributed by atoms with Gasteiger partial charge in [-0.1, -0.05) is 31.5 Å². The lowest BCUT2D eigenvalue weighted by atomic mass is 9.67. The minimum absolute atomic E-state index is 0.0221. The van der Waals surface area contributed by atoms with E-state index in [1.54, 1.807) is 0 Å². The first kappa shape index (κ1) is 18.7. The predicted octanol–water partition coefficient (Wildman–Crippen LogP) is 2.82. The van der Waals surface area contributed by atoms with Crippen LogP contribution in [0.5, 0.6) is 5.75 Å². The summed E-state index contributed by atoms with van der Waals surface area (Å²) in [5, 5.41) is 6.27. The zero-order valence-corrected chi connectivity index (χ0v) is 16.0. The maximum atomic E-state index is 12.3. The second kappa shape index (κ2) is 8.11. The third kappa shape index (κ3) is 4.19. The molecule has 5 heteroatoms. The number of ether oxygens (including phenoxy) is 1. The fraction of sp³-hybridized carbons (Fsp3) is 0.619. The quantitative estimate of drug-likeness (QED) is 0.850. The molecule has 5 atom stereocenters. The Balaban J connectivity index is 1.48. The second-order valence-corrected chi connectivity index (χ2v) is 7.83. The van der Waals surface area contributed by atoms with Crippen molar-refractivity contribution < 1.29 is 14.3 Å². The van der Waals surface area contributed by atoms with E-state index in [2.05, 4.69) is 24.5 Å². The number of fused-ring (bicyclic) bond motifs is 1. The van der Waals surface area contributed by atoms with Crippen molar-refractivity contribution in [3.8, 4) is 5.75 Å². The zero-order chi connectivity index (χ0) is 18.7. The van der Waals surface area contributed by atoms with Crippen molar-refractivity contribution in [3.05, 3.63) is 29.8 Å². The number of carbonyl (C=O) groups excluding carboxylic acids is 2. The summed E-state index contributed by atoms with van der Waals surface area (Å²) in [4.78, 5) is 24.5. The van der Waals surface area contributed by atoms with Gasteiger partial charge in [0.15, 0.2) is 6.61 Å². The van der Waals surface area contributed by atoms with E-state index >= 15 is 0 Å². The predicted molar refractivity (Wildman–Crippen MR) is 101 cm³/mol. The molecule has 142 valence electrons. The molecule has 0 spiro atoms. The number of benzene rings is 1. The first-order chi connectivity index (χ1) is 12.5. The Morgan fingerprint density at radius 1 is 1.27 bits per heavy atom. The SMILES string of the molecule is CCC1C(=O)NC2CC(NC(=O)COc3ccc(C)cc3)CCC2C1C. The summed E-state index contributed by atoms with van der Waals surface area (Å²) in [6.07, 6.45) is 3.72. The van der Waals surface area contributed by atoms with Gasteiger partial charge in [0.25, 0.3) is 5.91 Å². The molecule has 1 heterocycles. The van der Waals surface area contributed by atoms with Gasteiger partial charge >= 0.3 is 0 Å². The smallest absolute Gasteiger partial charge is 0.258 e. The van der Waals surface area contributed by atoms with Crippen molar-refractivity contribution in [2.45, 2.75) is 58.5 Å². The number of nitrogens with one attached hydrogen (secondary N) is 2. The molecule has 1 aromatic rings. The van der Waals surface area contributed by atoms with Gasteiger partial charge in [-0.05, 0) is 56.6 Å². The molecule has 2 amide bonds. The fourth-order valence-electron chi connectivity index (χ4n) is 4.56. The van der Waals surface area contributed by atoms with Crippen LogP contribution in [0.2, 0.25) is 0 Å². The van der Waals surface area contributed by atoms with Crippen molar-refractivity contribution in [2.24, 2.45) is 17.8 Å². The van der Waals surface area contributed by atoms with Gasteiger partial charge in [-0.3, -0.25) is 9.59 Å². The van der Waals surface area contributed by atoms with E-state index in [0.29, 0.717) is 17.6 Å². The van der Waals surface area contributed by atoms with Gasteiger partial charge in [0.2, 0.25) is 5.91 Å². The van der Waals surface area contributed by atoms with Gasteiger partial charge in [0.1, 0.15) is 5.75 Å². The number of carbonyl (C=O) groups is 2. The van der Waals surface area contributed by atoms with E-state index in [1.807, 2.05) is 31.2 Å². The fourth-order valence-corrected chi connectivity index (χ4v) is 4.56. The molecule has 5 unspecified atom stereocenters. The van der Waals surface area contributed by atoms with Gasteiger partial charge in [0.05, 0.1) is 0 Å². The van der Waals surface area contributed by atoms with E-state index in [0.717, 1.165) is 31.2 Å². The Morgan fingerprint density at radius 2 is 2.00 bits per heavy atom. The Bertz CT molecular complexity index is 643. The molecule has 2 aliphatic rings. The third-order valence-corrected chi connectivity index (χ3v) is 6.07. The number of piperidine rings is 1. The van der Waals surface area contributed by atoms with E-state index in [1.165, 1.54) is 0 Å². The molecule has 1 aromatic carbocycles. The van der Waals surface area contributed by atoms with Gasteiger partial charge in [-0.25, -0.2) is 0 Å². The number of hydrogen-bond acceptors (Lipinski definition) is 3. The first-order valence-corrected chi connectivity index (χ1v) is 9.77. The average molecular weight is 358 g/mol. The Labute approximate surface area is 155 Å². The molecular formula is C21H30N2O3. The highest BCUT2D eigenvalue weighted by molar-refractivity contribution is 5.80. The Hall–Kier alpha value is -2.04. The molecule has 0 aromatic heterocycles. The summed E-state index contributed by atoms with van der Waals surface area (Å²) in [6.45, 7) is 6.33. The summed E-state index contributed by atoms with van der Waals surface area (Å²) in [5.74, 6) is 1.85. The number of hydrogen-bond donors (Lipinski definition) is 2. The highest BCUT2D eigenvalue weighted by Crippen LogP contribution is 2.38. The monoisotopic (exact) mass is 358 g/mol. The molecule has 2 fully saturated rings. The van der Waals surface area contributed by atoms with Gasteiger partial charge in [0, 0.05) is 18.0 Å². The normalized spacial score (nSPS) is 30.9. The van der Waals surface area contributed by atoms with Gasteiger partial charge < -0.3 is 15.4 Å². The van der Waals surface area contributed by atoms with Gasteiger partial charge in [-0.2, -0.15) is 0 Å². The molecule has 1 saturated heterocycles. The molecule has 0 bridgehead atoms. The van der Waals surface area contributed by atoms with Crippen LogP contribution < -0.4 is 15.4 Å². The summed E-state index contributed by atoms with van der Waals surface area (Å²) >= 11 is 0. The van der Waals surface area contributed by atoms with Crippen LogP contribution in [0, 0.1) is 24.7 Å². The van der Waals surface area contributed by atoms with Crippen molar-refractivity contribution in [1.29, 1.82) is 0 Å². The van der Waals surface area contributed by atoms with Crippen LogP contribution in [-0.2, 0) is 9.59 Å². The standard InChI is InChI=1S/C21H30N2O3/c1-4-17-14(3)18-10-7-15(11-19(18)23-21(17)25)22-20(24)12-26-16-8-5-13(2)6-9-16/h5-6,8-9,14-15,17-19H,4,7,10-12H2,1-3H3,(H,22,24)(H,23,25). The molecule has 1 saturated carbocycles. The summed E-state index contributed by atoms with van der Waals surface area (Å²) in [6, 6.07) is 7.96. The van der Waals surface area contributed by atoms with Crippen molar-refractivity contribution in [3.63, 3.8) is 0 Å². The van der Waals surface area contributed by atoms with Crippen molar-refractivity contribution >= 4 is 11.8 Å². The maximum absolute atomic E-state index is 12.3. The first-order valence-electron chi connectivity index (χ1n) is 9.77. The van der Waals surface area contributed by atoms with E-state index < -0.39 is 0 Å². The average Bonchev–Trinajstić information content (AvgIpc) is 2.61. The van der Waals surface area contributed by atoms with Crippen LogP contribution >= 0.6 is 0 Å². The molecule has 26 heavy (non-hydrogen) atoms. The Kier molecular flexibility index (Phi) is 5.84. The minimum atomic E-state index is -0.101. The molecule has 1 aliphatic carbocycles. The maximum Gasteiger partial charge on any atom is 0.258 e. The largest absolute Gasteiger partial charge is 0.484 e.